The van der Waals surface area contributed by atoms with Gasteiger partial charge in [-0.2, -0.15) is 0 Å². The Hall–Kier alpha value is 0. The monoisotopic (exact) mass is 196 g/mol. The van der Waals surface area contributed by atoms with Crippen LogP contribution in [0.1, 0.15) is 60.3 Å². The Bertz CT molecular complexity index is 161. The Morgan fingerprint density at radius 1 is 1.14 bits per heavy atom. The van der Waals surface area contributed by atoms with E-state index in [4.69, 9.17) is 0 Å². The van der Waals surface area contributed by atoms with Crippen LogP contribution in [0, 0.1) is 29.6 Å². The van der Waals surface area contributed by atoms with Crippen molar-refractivity contribution in [3.8, 4) is 0 Å². The van der Waals surface area contributed by atoms with Crippen LogP contribution in [0.15, 0.2) is 0 Å². The average molecular weight is 196 g/mol. The minimum Gasteiger partial charge on any atom is -0.0651 e. The van der Waals surface area contributed by atoms with Gasteiger partial charge in [0.05, 0.1) is 0 Å². The number of rotatable bonds is 4. The Kier molecular flexibility index (Phi) is 4.47. The van der Waals surface area contributed by atoms with Crippen LogP contribution in [0.2, 0.25) is 0 Å². The summed E-state index contributed by atoms with van der Waals surface area (Å²) in [4.78, 5) is 0. The molecule has 5 atom stereocenters. The summed E-state index contributed by atoms with van der Waals surface area (Å²) >= 11 is 0. The fraction of sp³-hybridized carbons (Fsp3) is 1.00. The van der Waals surface area contributed by atoms with Crippen LogP contribution in [-0.2, 0) is 0 Å². The summed E-state index contributed by atoms with van der Waals surface area (Å²) in [7, 11) is 0. The van der Waals surface area contributed by atoms with Gasteiger partial charge in [0.25, 0.3) is 0 Å². The van der Waals surface area contributed by atoms with Crippen LogP contribution in [0.3, 0.4) is 0 Å². The Labute approximate surface area is 90.5 Å². The molecular formula is C14H28. The molecule has 14 heavy (non-hydrogen) atoms. The van der Waals surface area contributed by atoms with Crippen molar-refractivity contribution in [1.29, 1.82) is 0 Å². The molecule has 5 unspecified atom stereocenters. The molecule has 0 bridgehead atoms. The molecule has 0 N–H and O–H groups in total. The lowest BCUT2D eigenvalue weighted by atomic mass is 9.73. The van der Waals surface area contributed by atoms with Crippen molar-refractivity contribution >= 4 is 0 Å². The molecule has 0 spiro atoms. The molecule has 0 aromatic heterocycles. The van der Waals surface area contributed by atoms with Crippen LogP contribution in [0.4, 0.5) is 0 Å². The predicted octanol–water partition coefficient (Wildman–Crippen LogP) is 4.74. The fourth-order valence-corrected chi connectivity index (χ4v) is 3.50. The summed E-state index contributed by atoms with van der Waals surface area (Å²) in [5.74, 6) is 4.85. The highest BCUT2D eigenvalue weighted by Gasteiger charge is 2.37. The lowest BCUT2D eigenvalue weighted by molar-refractivity contribution is 0.167. The highest BCUT2D eigenvalue weighted by Crippen LogP contribution is 2.45. The predicted molar refractivity (Wildman–Crippen MR) is 64.3 cm³/mol. The second-order valence-electron chi connectivity index (χ2n) is 5.54. The van der Waals surface area contributed by atoms with E-state index in [1.165, 1.54) is 25.7 Å². The van der Waals surface area contributed by atoms with Gasteiger partial charge in [0, 0.05) is 0 Å². The topological polar surface area (TPSA) is 0 Å². The van der Waals surface area contributed by atoms with Gasteiger partial charge >= 0.3 is 0 Å². The van der Waals surface area contributed by atoms with Crippen LogP contribution >= 0.6 is 0 Å². The first-order valence-electron chi connectivity index (χ1n) is 6.61. The van der Waals surface area contributed by atoms with E-state index in [0.29, 0.717) is 0 Å². The van der Waals surface area contributed by atoms with Crippen LogP contribution in [0.5, 0.6) is 0 Å². The second-order valence-corrected chi connectivity index (χ2v) is 5.54. The summed E-state index contributed by atoms with van der Waals surface area (Å²) in [5, 5.41) is 0. The highest BCUT2D eigenvalue weighted by molar-refractivity contribution is 4.86. The first-order chi connectivity index (χ1) is 6.61. The Morgan fingerprint density at radius 3 is 2.29 bits per heavy atom. The summed E-state index contributed by atoms with van der Waals surface area (Å²) < 4.78 is 0. The summed E-state index contributed by atoms with van der Waals surface area (Å²) in [6.45, 7) is 12.1. The smallest absolute Gasteiger partial charge is 0.0332 e. The average Bonchev–Trinajstić information content (AvgIpc) is 2.57. The molecule has 0 radical (unpaired) electrons. The molecule has 0 amide bonds. The van der Waals surface area contributed by atoms with E-state index in [1.54, 1.807) is 0 Å². The molecule has 0 aliphatic heterocycles. The molecule has 1 rings (SSSR count). The zero-order chi connectivity index (χ0) is 10.7. The third kappa shape index (κ3) is 2.32. The lowest BCUT2D eigenvalue weighted by Gasteiger charge is -2.32. The van der Waals surface area contributed by atoms with Crippen LogP contribution in [0.25, 0.3) is 0 Å². The van der Waals surface area contributed by atoms with E-state index in [9.17, 15) is 0 Å². The molecule has 0 nitrogen and oxygen atoms in total. The van der Waals surface area contributed by atoms with Crippen LogP contribution in [-0.4, -0.2) is 0 Å². The van der Waals surface area contributed by atoms with Gasteiger partial charge in [-0.15, -0.1) is 0 Å². The maximum absolute atomic E-state index is 2.49. The molecule has 84 valence electrons. The molecule has 1 aliphatic carbocycles. The molecular weight excluding hydrogens is 168 g/mol. The maximum atomic E-state index is 2.49. The van der Waals surface area contributed by atoms with Crippen LogP contribution < -0.4 is 0 Å². The van der Waals surface area contributed by atoms with E-state index >= 15 is 0 Å². The summed E-state index contributed by atoms with van der Waals surface area (Å²) in [6.07, 6.45) is 5.71. The third-order valence-corrected chi connectivity index (χ3v) is 4.87. The van der Waals surface area contributed by atoms with E-state index in [0.717, 1.165) is 29.6 Å². The zero-order valence-corrected chi connectivity index (χ0v) is 10.7. The number of hydrogen-bond donors (Lipinski definition) is 0. The van der Waals surface area contributed by atoms with Gasteiger partial charge < -0.3 is 0 Å². The Morgan fingerprint density at radius 2 is 1.79 bits per heavy atom. The van der Waals surface area contributed by atoms with Gasteiger partial charge in [0.15, 0.2) is 0 Å². The van der Waals surface area contributed by atoms with Gasteiger partial charge in [-0.3, -0.25) is 0 Å². The highest BCUT2D eigenvalue weighted by atomic mass is 14.4. The van der Waals surface area contributed by atoms with E-state index in [-0.39, 0.29) is 0 Å². The van der Waals surface area contributed by atoms with Gasteiger partial charge in [-0.25, -0.2) is 0 Å². The molecule has 0 aromatic rings. The normalized spacial score (nSPS) is 37.1. The second kappa shape index (κ2) is 5.19. The quantitative estimate of drug-likeness (QED) is 0.609. The molecule has 0 saturated heterocycles. The van der Waals surface area contributed by atoms with Gasteiger partial charge in [-0.05, 0) is 36.0 Å². The van der Waals surface area contributed by atoms with Crippen molar-refractivity contribution in [1.82, 2.24) is 0 Å². The van der Waals surface area contributed by atoms with E-state index in [2.05, 4.69) is 34.6 Å². The Balaban J connectivity index is 2.63. The standard InChI is InChI=1S/C14H28/c1-6-10(3)12(5)14-11(4)8-9-13(14)7-2/h10-14H,6-9H2,1-5H3. The number of hydrogen-bond acceptors (Lipinski definition) is 0. The molecule has 1 fully saturated rings. The van der Waals surface area contributed by atoms with Crippen molar-refractivity contribution < 1.29 is 0 Å². The van der Waals surface area contributed by atoms with Crippen molar-refractivity contribution in [3.63, 3.8) is 0 Å². The SMILES string of the molecule is CCC(C)C(C)C1C(C)CCC1CC. The summed E-state index contributed by atoms with van der Waals surface area (Å²) in [6, 6.07) is 0. The summed E-state index contributed by atoms with van der Waals surface area (Å²) in [5.41, 5.74) is 0. The van der Waals surface area contributed by atoms with Crippen molar-refractivity contribution in [2.24, 2.45) is 29.6 Å². The first kappa shape index (κ1) is 12.1. The maximum Gasteiger partial charge on any atom is -0.0332 e. The first-order valence-corrected chi connectivity index (χ1v) is 6.61. The third-order valence-electron chi connectivity index (χ3n) is 4.87. The van der Waals surface area contributed by atoms with Crippen molar-refractivity contribution in [2.45, 2.75) is 60.3 Å². The lowest BCUT2D eigenvalue weighted by Crippen LogP contribution is -2.25. The largest absolute Gasteiger partial charge is 0.0651 e. The molecule has 1 saturated carbocycles. The van der Waals surface area contributed by atoms with Gasteiger partial charge in [-0.1, -0.05) is 53.9 Å². The molecule has 0 heteroatoms. The van der Waals surface area contributed by atoms with E-state index < -0.39 is 0 Å². The molecule has 0 aromatic carbocycles. The molecule has 1 aliphatic rings. The van der Waals surface area contributed by atoms with Crippen molar-refractivity contribution in [3.05, 3.63) is 0 Å². The minimum absolute atomic E-state index is 0.912. The zero-order valence-electron chi connectivity index (χ0n) is 10.7. The molecule has 0 heterocycles. The fourth-order valence-electron chi connectivity index (χ4n) is 3.50. The van der Waals surface area contributed by atoms with E-state index in [1.807, 2.05) is 0 Å². The van der Waals surface area contributed by atoms with Gasteiger partial charge in [0.2, 0.25) is 0 Å². The van der Waals surface area contributed by atoms with Crippen molar-refractivity contribution in [2.75, 3.05) is 0 Å². The van der Waals surface area contributed by atoms with Gasteiger partial charge in [0.1, 0.15) is 0 Å². The minimum atomic E-state index is 0.912.